The van der Waals surface area contributed by atoms with Crippen LogP contribution in [-0.2, 0) is 4.74 Å². The molecule has 108 valence electrons. The van der Waals surface area contributed by atoms with Gasteiger partial charge in [-0.15, -0.1) is 0 Å². The molecule has 0 aliphatic carbocycles. The third kappa shape index (κ3) is 2.98. The van der Waals surface area contributed by atoms with E-state index in [1.54, 1.807) is 0 Å². The summed E-state index contributed by atoms with van der Waals surface area (Å²) in [4.78, 5) is 4.28. The second kappa shape index (κ2) is 6.03. The fourth-order valence-corrected chi connectivity index (χ4v) is 2.17. The summed E-state index contributed by atoms with van der Waals surface area (Å²) in [6.45, 7) is 8.42. The van der Waals surface area contributed by atoms with Crippen molar-refractivity contribution in [3.05, 3.63) is 16.3 Å². The maximum atomic E-state index is 7.56. The van der Waals surface area contributed by atoms with Crippen molar-refractivity contribution < 1.29 is 9.26 Å². The van der Waals surface area contributed by atoms with Crippen molar-refractivity contribution in [3.63, 3.8) is 0 Å². The second-order valence-corrected chi connectivity index (χ2v) is 5.22. The van der Waals surface area contributed by atoms with Crippen molar-refractivity contribution in [2.24, 2.45) is 4.99 Å². The summed E-state index contributed by atoms with van der Waals surface area (Å²) in [5.74, 6) is 1.72. The van der Waals surface area contributed by atoms with Crippen LogP contribution in [0.4, 0.5) is 0 Å². The molecule has 0 radical (unpaired) electrons. The Morgan fingerprint density at radius 3 is 2.70 bits per heavy atom. The van der Waals surface area contributed by atoms with Gasteiger partial charge in [-0.3, -0.25) is 0 Å². The highest BCUT2D eigenvalue weighted by Crippen LogP contribution is 2.10. The molecule has 2 heterocycles. The number of hydrogen-bond donors (Lipinski definition) is 1. The Balaban J connectivity index is 2.42. The van der Waals surface area contributed by atoms with E-state index in [0.717, 1.165) is 28.5 Å². The van der Waals surface area contributed by atoms with E-state index in [-0.39, 0.29) is 5.92 Å². The Labute approximate surface area is 118 Å². The lowest BCUT2D eigenvalue weighted by atomic mass is 10.1. The monoisotopic (exact) mass is 275 g/mol. The minimum Gasteiger partial charge on any atom is -0.447 e. The van der Waals surface area contributed by atoms with Crippen molar-refractivity contribution in [2.45, 2.75) is 46.5 Å². The first-order valence-electron chi connectivity index (χ1n) is 6.93. The number of nitrogens with one attached hydrogen (secondary N) is 1. The standard InChI is InChI=1S/C15H21N3O2/c1-5-12-14(15(9(2)3)18-20-12)10(4)19-13-7-6-11(16)8-17-13/h5,9,16H,6-8H2,1-4H3. The maximum Gasteiger partial charge on any atom is 0.190 e. The fourth-order valence-electron chi connectivity index (χ4n) is 2.17. The summed E-state index contributed by atoms with van der Waals surface area (Å²) in [6.07, 6.45) is 3.29. The molecule has 0 saturated carbocycles. The topological polar surface area (TPSA) is 71.5 Å². The van der Waals surface area contributed by atoms with E-state index >= 15 is 0 Å². The van der Waals surface area contributed by atoms with Crippen LogP contribution in [0.5, 0.6) is 0 Å². The molecular formula is C15H21N3O2. The molecule has 20 heavy (non-hydrogen) atoms. The summed E-state index contributed by atoms with van der Waals surface area (Å²) in [7, 11) is 0. The third-order valence-corrected chi connectivity index (χ3v) is 3.26. The van der Waals surface area contributed by atoms with Gasteiger partial charge in [-0.25, -0.2) is 4.99 Å². The molecule has 1 N–H and O–H groups in total. The number of aliphatic imine (C=N–C) groups is 1. The lowest BCUT2D eigenvalue weighted by molar-refractivity contribution is 0.384. The van der Waals surface area contributed by atoms with Crippen LogP contribution in [0.2, 0.25) is 0 Å². The van der Waals surface area contributed by atoms with Gasteiger partial charge in [0.05, 0.1) is 17.5 Å². The van der Waals surface area contributed by atoms with Crippen LogP contribution in [0.3, 0.4) is 0 Å². The van der Waals surface area contributed by atoms with Crippen molar-refractivity contribution >= 4 is 23.4 Å². The molecule has 0 saturated heterocycles. The maximum absolute atomic E-state index is 7.56. The van der Waals surface area contributed by atoms with Gasteiger partial charge in [-0.1, -0.05) is 19.0 Å². The van der Waals surface area contributed by atoms with Gasteiger partial charge in [0, 0.05) is 12.1 Å². The first kappa shape index (κ1) is 14.5. The molecule has 1 aliphatic rings. The molecule has 1 aromatic rings. The summed E-state index contributed by atoms with van der Waals surface area (Å²) in [5, 5.41) is 12.6. The van der Waals surface area contributed by atoms with Gasteiger partial charge in [-0.05, 0) is 32.3 Å². The van der Waals surface area contributed by atoms with Crippen LogP contribution in [-0.4, -0.2) is 23.3 Å². The first-order chi connectivity index (χ1) is 9.52. The summed E-state index contributed by atoms with van der Waals surface area (Å²) in [5.41, 5.74) is 2.29. The Kier molecular flexibility index (Phi) is 4.37. The molecule has 1 aliphatic heterocycles. The predicted molar refractivity (Wildman–Crippen MR) is 79.4 cm³/mol. The van der Waals surface area contributed by atoms with Crippen LogP contribution in [0, 0.1) is 5.41 Å². The van der Waals surface area contributed by atoms with Gasteiger partial charge in [0.1, 0.15) is 5.76 Å². The fraction of sp³-hybridized carbons (Fsp3) is 0.533. The average molecular weight is 275 g/mol. The summed E-state index contributed by atoms with van der Waals surface area (Å²) < 4.78 is 11.2. The van der Waals surface area contributed by atoms with E-state index in [2.05, 4.69) is 24.0 Å². The number of hydrogen-bond acceptors (Lipinski definition) is 5. The first-order valence-corrected chi connectivity index (χ1v) is 6.93. The normalized spacial score (nSPS) is 18.4. The third-order valence-electron chi connectivity index (χ3n) is 3.26. The molecule has 0 amide bonds. The van der Waals surface area contributed by atoms with E-state index < -0.39 is 0 Å². The Morgan fingerprint density at radius 2 is 2.15 bits per heavy atom. The predicted octanol–water partition coefficient (Wildman–Crippen LogP) is 1.96. The van der Waals surface area contributed by atoms with Crippen LogP contribution >= 0.6 is 0 Å². The zero-order valence-corrected chi connectivity index (χ0v) is 12.5. The molecule has 2 rings (SSSR count). The summed E-state index contributed by atoms with van der Waals surface area (Å²) in [6, 6.07) is 0. The lowest BCUT2D eigenvalue weighted by Crippen LogP contribution is -2.28. The van der Waals surface area contributed by atoms with Crippen molar-refractivity contribution in [1.29, 1.82) is 5.41 Å². The van der Waals surface area contributed by atoms with Crippen LogP contribution in [0.1, 0.15) is 52.1 Å². The molecule has 0 spiro atoms. The Hall–Kier alpha value is -1.91. The number of aromatic nitrogens is 1. The van der Waals surface area contributed by atoms with E-state index in [1.807, 2.05) is 19.9 Å². The van der Waals surface area contributed by atoms with Crippen LogP contribution < -0.4 is 10.6 Å². The van der Waals surface area contributed by atoms with Gasteiger partial charge in [0.2, 0.25) is 0 Å². The SMILES string of the molecule is CC=c1onc(C(C)C)c1=C(C)OC1=NCC(=N)CC1. The van der Waals surface area contributed by atoms with Gasteiger partial charge in [-0.2, -0.15) is 0 Å². The molecule has 0 atom stereocenters. The Bertz CT molecular complexity index is 653. The lowest BCUT2D eigenvalue weighted by Gasteiger charge is -2.14. The summed E-state index contributed by atoms with van der Waals surface area (Å²) >= 11 is 0. The minimum atomic E-state index is 0.266. The van der Waals surface area contributed by atoms with E-state index in [1.165, 1.54) is 0 Å². The van der Waals surface area contributed by atoms with Crippen LogP contribution in [0.15, 0.2) is 9.52 Å². The average Bonchev–Trinajstić information content (AvgIpc) is 2.85. The van der Waals surface area contributed by atoms with Gasteiger partial charge >= 0.3 is 0 Å². The Morgan fingerprint density at radius 1 is 1.40 bits per heavy atom. The molecule has 1 aromatic heterocycles. The highest BCUT2D eigenvalue weighted by molar-refractivity contribution is 5.93. The minimum absolute atomic E-state index is 0.266. The number of nitrogens with zero attached hydrogens (tertiary/aromatic N) is 2. The highest BCUT2D eigenvalue weighted by Gasteiger charge is 2.15. The molecule has 0 aromatic carbocycles. The zero-order valence-electron chi connectivity index (χ0n) is 12.5. The largest absolute Gasteiger partial charge is 0.447 e. The van der Waals surface area contributed by atoms with E-state index in [0.29, 0.717) is 24.6 Å². The van der Waals surface area contributed by atoms with Gasteiger partial charge < -0.3 is 14.7 Å². The van der Waals surface area contributed by atoms with Gasteiger partial charge in [0.15, 0.2) is 11.3 Å². The molecule has 0 bridgehead atoms. The zero-order chi connectivity index (χ0) is 14.7. The second-order valence-electron chi connectivity index (χ2n) is 5.22. The molecule has 5 heteroatoms. The van der Waals surface area contributed by atoms with Crippen molar-refractivity contribution in [2.75, 3.05) is 6.54 Å². The quantitative estimate of drug-likeness (QED) is 0.896. The highest BCUT2D eigenvalue weighted by atomic mass is 16.5. The molecule has 5 nitrogen and oxygen atoms in total. The van der Waals surface area contributed by atoms with Crippen molar-refractivity contribution in [1.82, 2.24) is 5.16 Å². The van der Waals surface area contributed by atoms with Gasteiger partial charge in [0.25, 0.3) is 0 Å². The van der Waals surface area contributed by atoms with E-state index in [4.69, 9.17) is 14.7 Å². The van der Waals surface area contributed by atoms with Crippen LogP contribution in [0.25, 0.3) is 11.8 Å². The number of ether oxygens (including phenoxy) is 1. The molecule has 0 unspecified atom stereocenters. The van der Waals surface area contributed by atoms with E-state index in [9.17, 15) is 0 Å². The smallest absolute Gasteiger partial charge is 0.190 e. The number of rotatable bonds is 2. The molecular weight excluding hydrogens is 254 g/mol. The van der Waals surface area contributed by atoms with Crippen molar-refractivity contribution in [3.8, 4) is 0 Å². The molecule has 0 fully saturated rings.